The minimum absolute atomic E-state index is 0.0444. The van der Waals surface area contributed by atoms with Gasteiger partial charge in [-0.15, -0.1) is 0 Å². The fourth-order valence-corrected chi connectivity index (χ4v) is 3.49. The highest BCUT2D eigenvalue weighted by molar-refractivity contribution is 6.32. The Morgan fingerprint density at radius 2 is 2.00 bits per heavy atom. The van der Waals surface area contributed by atoms with Crippen LogP contribution in [0, 0.1) is 0 Å². The number of benzene rings is 1. The molecular weight excluding hydrogens is 366 g/mol. The lowest BCUT2D eigenvalue weighted by Gasteiger charge is -2.32. The van der Waals surface area contributed by atoms with Crippen molar-refractivity contribution in [2.24, 2.45) is 0 Å². The van der Waals surface area contributed by atoms with Gasteiger partial charge in [0.25, 0.3) is 5.56 Å². The third kappa shape index (κ3) is 3.43. The first-order valence-electron chi connectivity index (χ1n) is 8.70. The zero-order valence-corrected chi connectivity index (χ0v) is 15.3. The minimum atomic E-state index is -0.687. The summed E-state index contributed by atoms with van der Waals surface area (Å²) in [6.45, 7) is 1.57. The van der Waals surface area contributed by atoms with E-state index in [1.165, 1.54) is 6.33 Å². The number of fused-ring (bicyclic) bond motifs is 1. The molecule has 0 bridgehead atoms. The summed E-state index contributed by atoms with van der Waals surface area (Å²) in [5.41, 5.74) is 1.34. The van der Waals surface area contributed by atoms with Gasteiger partial charge in [-0.2, -0.15) is 0 Å². The van der Waals surface area contributed by atoms with Gasteiger partial charge in [0.1, 0.15) is 17.0 Å². The zero-order chi connectivity index (χ0) is 18.8. The summed E-state index contributed by atoms with van der Waals surface area (Å²) >= 11 is 6.29. The summed E-state index contributed by atoms with van der Waals surface area (Å²) in [5.74, 6) is 0.499. The monoisotopic (exact) mass is 383 g/mol. The molecule has 3 aromatic rings. The molecule has 138 valence electrons. The summed E-state index contributed by atoms with van der Waals surface area (Å²) in [5, 5.41) is 10.6. The van der Waals surface area contributed by atoms with E-state index in [0.717, 1.165) is 12.0 Å². The molecule has 0 radical (unpaired) electrons. The molecule has 1 atom stereocenters. The average Bonchev–Trinajstić information content (AvgIpc) is 2.72. The molecule has 1 N–H and O–H groups in total. The lowest BCUT2D eigenvalue weighted by molar-refractivity contribution is 0.181. The average molecular weight is 384 g/mol. The van der Waals surface area contributed by atoms with Crippen molar-refractivity contribution in [2.45, 2.75) is 19.1 Å². The Morgan fingerprint density at radius 1 is 1.19 bits per heavy atom. The van der Waals surface area contributed by atoms with Crippen LogP contribution >= 0.6 is 11.6 Å². The molecule has 0 saturated carbocycles. The van der Waals surface area contributed by atoms with Crippen LogP contribution in [0.25, 0.3) is 11.4 Å². The van der Waals surface area contributed by atoms with E-state index in [1.807, 2.05) is 35.2 Å². The van der Waals surface area contributed by atoms with Crippen LogP contribution in [0.5, 0.6) is 0 Å². The normalized spacial score (nSPS) is 14.7. The van der Waals surface area contributed by atoms with E-state index >= 15 is 0 Å². The number of aliphatic hydroxyl groups excluding tert-OH is 1. The van der Waals surface area contributed by atoms with E-state index < -0.39 is 6.10 Å². The second-order valence-electron chi connectivity index (χ2n) is 6.35. The first-order chi connectivity index (χ1) is 13.1. The van der Waals surface area contributed by atoms with E-state index in [4.69, 9.17) is 11.6 Å². The summed E-state index contributed by atoms with van der Waals surface area (Å²) in [6, 6.07) is 11.1. The Kier molecular flexibility index (Phi) is 4.87. The van der Waals surface area contributed by atoms with Crippen molar-refractivity contribution >= 4 is 17.5 Å². The molecule has 1 aliphatic rings. The highest BCUT2D eigenvalue weighted by Gasteiger charge is 2.26. The predicted octanol–water partition coefficient (Wildman–Crippen LogP) is 2.30. The van der Waals surface area contributed by atoms with Gasteiger partial charge in [0, 0.05) is 19.3 Å². The first kappa shape index (κ1) is 17.6. The maximum atomic E-state index is 12.8. The molecule has 27 heavy (non-hydrogen) atoms. The number of hydrogen-bond acceptors (Lipinski definition) is 6. The summed E-state index contributed by atoms with van der Waals surface area (Å²) in [4.78, 5) is 27.4. The number of rotatable bonds is 4. The Morgan fingerprint density at radius 3 is 2.74 bits per heavy atom. The van der Waals surface area contributed by atoms with Gasteiger partial charge in [-0.25, -0.2) is 15.0 Å². The number of β-amino-alcohol motifs (C(OH)–C–C–N with tert-alkyl or cyclic N) is 1. The standard InChI is InChI=1S/C19H18ClN5O2/c20-16-17(14-7-8-21-12-22-14)23-19-24(9-4-10-25(19)18(16)27)11-15(26)13-5-2-1-3-6-13/h1-3,5-8,12,15,26H,4,9-11H2/t15-/m1/s1. The molecule has 0 unspecified atom stereocenters. The largest absolute Gasteiger partial charge is 0.387 e. The first-order valence-corrected chi connectivity index (χ1v) is 9.07. The maximum Gasteiger partial charge on any atom is 0.274 e. The van der Waals surface area contributed by atoms with Crippen LogP contribution in [0.1, 0.15) is 18.1 Å². The number of nitrogens with zero attached hydrogens (tertiary/aromatic N) is 5. The van der Waals surface area contributed by atoms with Crippen LogP contribution in [0.3, 0.4) is 0 Å². The van der Waals surface area contributed by atoms with Gasteiger partial charge >= 0.3 is 0 Å². The van der Waals surface area contributed by atoms with Gasteiger partial charge < -0.3 is 10.0 Å². The van der Waals surface area contributed by atoms with Crippen LogP contribution in [-0.2, 0) is 6.54 Å². The Hall–Kier alpha value is -2.77. The molecule has 0 amide bonds. The molecule has 0 spiro atoms. The fourth-order valence-electron chi connectivity index (χ4n) is 3.25. The zero-order valence-electron chi connectivity index (χ0n) is 14.5. The highest BCUT2D eigenvalue weighted by Crippen LogP contribution is 2.27. The molecule has 0 aliphatic carbocycles. The lowest BCUT2D eigenvalue weighted by Crippen LogP contribution is -2.41. The summed E-state index contributed by atoms with van der Waals surface area (Å²) in [6.07, 6.45) is 3.06. The highest BCUT2D eigenvalue weighted by atomic mass is 35.5. The van der Waals surface area contributed by atoms with E-state index in [2.05, 4.69) is 15.0 Å². The third-order valence-electron chi connectivity index (χ3n) is 4.59. The topological polar surface area (TPSA) is 84.1 Å². The second kappa shape index (κ2) is 7.46. The van der Waals surface area contributed by atoms with Crippen molar-refractivity contribution in [3.05, 3.63) is 69.9 Å². The van der Waals surface area contributed by atoms with Crippen LogP contribution < -0.4 is 10.5 Å². The Labute approximate surface area is 160 Å². The third-order valence-corrected chi connectivity index (χ3v) is 4.93. The number of halogens is 1. The van der Waals surface area contributed by atoms with Gasteiger partial charge in [-0.05, 0) is 18.1 Å². The molecule has 8 heteroatoms. The van der Waals surface area contributed by atoms with Gasteiger partial charge in [-0.1, -0.05) is 41.9 Å². The van der Waals surface area contributed by atoms with Crippen molar-refractivity contribution in [3.63, 3.8) is 0 Å². The van der Waals surface area contributed by atoms with E-state index in [9.17, 15) is 9.90 Å². The van der Waals surface area contributed by atoms with Crippen LogP contribution in [0.4, 0.5) is 5.95 Å². The van der Waals surface area contributed by atoms with Crippen molar-refractivity contribution in [3.8, 4) is 11.4 Å². The molecule has 1 aliphatic heterocycles. The number of aromatic nitrogens is 4. The maximum absolute atomic E-state index is 12.8. The van der Waals surface area contributed by atoms with Crippen LogP contribution in [0.2, 0.25) is 5.02 Å². The predicted molar refractivity (Wildman–Crippen MR) is 103 cm³/mol. The molecular formula is C19H18ClN5O2. The van der Waals surface area contributed by atoms with Crippen molar-refractivity contribution in [1.82, 2.24) is 19.5 Å². The molecule has 2 aromatic heterocycles. The Bertz CT molecular complexity index is 994. The van der Waals surface area contributed by atoms with Gasteiger partial charge in [0.2, 0.25) is 5.95 Å². The van der Waals surface area contributed by atoms with E-state index in [-0.39, 0.29) is 10.6 Å². The Balaban J connectivity index is 1.73. The van der Waals surface area contributed by atoms with Crippen molar-refractivity contribution < 1.29 is 5.11 Å². The SMILES string of the molecule is O=c1c(Cl)c(-c2ccncn2)nc2n1CCCN2C[C@@H](O)c1ccccc1. The number of anilines is 1. The molecule has 4 rings (SSSR count). The van der Waals surface area contributed by atoms with E-state index in [0.29, 0.717) is 37.0 Å². The van der Waals surface area contributed by atoms with Gasteiger partial charge in [-0.3, -0.25) is 9.36 Å². The lowest BCUT2D eigenvalue weighted by atomic mass is 10.1. The summed E-state index contributed by atoms with van der Waals surface area (Å²) in [7, 11) is 0. The minimum Gasteiger partial charge on any atom is -0.387 e. The fraction of sp³-hybridized carbons (Fsp3) is 0.263. The number of hydrogen-bond donors (Lipinski definition) is 1. The van der Waals surface area contributed by atoms with E-state index in [1.54, 1.807) is 16.8 Å². The molecule has 1 aromatic carbocycles. The summed E-state index contributed by atoms with van der Waals surface area (Å²) < 4.78 is 1.56. The molecule has 7 nitrogen and oxygen atoms in total. The molecule has 0 fully saturated rings. The van der Waals surface area contributed by atoms with Crippen LogP contribution in [-0.4, -0.2) is 37.7 Å². The van der Waals surface area contributed by atoms with Gasteiger partial charge in [0.05, 0.1) is 18.3 Å². The van der Waals surface area contributed by atoms with Crippen molar-refractivity contribution in [2.75, 3.05) is 18.0 Å². The van der Waals surface area contributed by atoms with Gasteiger partial charge in [0.15, 0.2) is 0 Å². The quantitative estimate of drug-likeness (QED) is 0.744. The van der Waals surface area contributed by atoms with Crippen molar-refractivity contribution in [1.29, 1.82) is 0 Å². The number of aliphatic hydroxyl groups is 1. The van der Waals surface area contributed by atoms with Crippen LogP contribution in [0.15, 0.2) is 53.7 Å². The second-order valence-corrected chi connectivity index (χ2v) is 6.73. The molecule has 0 saturated heterocycles. The molecule has 3 heterocycles. The smallest absolute Gasteiger partial charge is 0.274 e.